The number of hydrogen-bond donors (Lipinski definition) is 1. The van der Waals surface area contributed by atoms with E-state index in [4.69, 9.17) is 4.74 Å². The molecule has 1 N–H and O–H groups in total. The second-order valence-corrected chi connectivity index (χ2v) is 5.62. The molecule has 2 heteroatoms. The SMILES string of the molecule is CCNCC(Cc1cccc2c1OCC2)c1ccccc1. The normalized spacial score (nSPS) is 14.5. The van der Waals surface area contributed by atoms with Gasteiger partial charge in [0, 0.05) is 18.9 Å². The summed E-state index contributed by atoms with van der Waals surface area (Å²) in [6.07, 6.45) is 2.08. The Bertz CT molecular complexity index is 579. The monoisotopic (exact) mass is 281 g/mol. The topological polar surface area (TPSA) is 21.3 Å². The van der Waals surface area contributed by atoms with Crippen molar-refractivity contribution < 1.29 is 4.74 Å². The number of fused-ring (bicyclic) bond motifs is 1. The molecular formula is C19H23NO. The van der Waals surface area contributed by atoms with Gasteiger partial charge in [-0.2, -0.15) is 0 Å². The fourth-order valence-corrected chi connectivity index (χ4v) is 3.06. The molecule has 1 aliphatic rings. The van der Waals surface area contributed by atoms with Crippen molar-refractivity contribution in [1.29, 1.82) is 0 Å². The van der Waals surface area contributed by atoms with Gasteiger partial charge in [-0.15, -0.1) is 0 Å². The Morgan fingerprint density at radius 2 is 1.95 bits per heavy atom. The molecule has 0 fully saturated rings. The molecule has 1 unspecified atom stereocenters. The van der Waals surface area contributed by atoms with Crippen LogP contribution >= 0.6 is 0 Å². The van der Waals surface area contributed by atoms with Crippen molar-refractivity contribution in [3.05, 3.63) is 65.2 Å². The number of nitrogens with one attached hydrogen (secondary N) is 1. The van der Waals surface area contributed by atoms with E-state index in [-0.39, 0.29) is 0 Å². The van der Waals surface area contributed by atoms with E-state index in [0.717, 1.165) is 38.3 Å². The third-order valence-electron chi connectivity index (χ3n) is 4.17. The Kier molecular flexibility index (Phi) is 4.56. The molecule has 0 saturated heterocycles. The van der Waals surface area contributed by atoms with E-state index >= 15 is 0 Å². The zero-order valence-electron chi connectivity index (χ0n) is 12.6. The largest absolute Gasteiger partial charge is 0.493 e. The van der Waals surface area contributed by atoms with Gasteiger partial charge in [-0.3, -0.25) is 0 Å². The van der Waals surface area contributed by atoms with Crippen molar-refractivity contribution in [3.63, 3.8) is 0 Å². The lowest BCUT2D eigenvalue weighted by Crippen LogP contribution is -2.22. The smallest absolute Gasteiger partial charge is 0.125 e. The molecule has 0 radical (unpaired) electrons. The van der Waals surface area contributed by atoms with Crippen LogP contribution in [0.1, 0.15) is 29.5 Å². The zero-order chi connectivity index (χ0) is 14.5. The molecule has 0 aliphatic carbocycles. The summed E-state index contributed by atoms with van der Waals surface area (Å²) in [7, 11) is 0. The van der Waals surface area contributed by atoms with Crippen molar-refractivity contribution in [1.82, 2.24) is 5.32 Å². The summed E-state index contributed by atoms with van der Waals surface area (Å²) in [6.45, 7) is 5.00. The molecule has 0 amide bonds. The summed E-state index contributed by atoms with van der Waals surface area (Å²) in [5.41, 5.74) is 4.11. The first kappa shape index (κ1) is 14.2. The molecule has 0 aromatic heterocycles. The van der Waals surface area contributed by atoms with Gasteiger partial charge in [-0.05, 0) is 29.7 Å². The minimum absolute atomic E-state index is 0.488. The van der Waals surface area contributed by atoms with Crippen molar-refractivity contribution in [2.45, 2.75) is 25.7 Å². The van der Waals surface area contributed by atoms with Crippen LogP contribution in [0.2, 0.25) is 0 Å². The van der Waals surface area contributed by atoms with Crippen molar-refractivity contribution in [2.75, 3.05) is 19.7 Å². The van der Waals surface area contributed by atoms with Crippen LogP contribution in [0.5, 0.6) is 5.75 Å². The van der Waals surface area contributed by atoms with Gasteiger partial charge in [0.05, 0.1) is 6.61 Å². The summed E-state index contributed by atoms with van der Waals surface area (Å²) in [6, 6.07) is 17.4. The minimum atomic E-state index is 0.488. The molecule has 0 spiro atoms. The minimum Gasteiger partial charge on any atom is -0.493 e. The summed E-state index contributed by atoms with van der Waals surface area (Å²) >= 11 is 0. The van der Waals surface area contributed by atoms with Gasteiger partial charge in [0.15, 0.2) is 0 Å². The fourth-order valence-electron chi connectivity index (χ4n) is 3.06. The Morgan fingerprint density at radius 1 is 1.10 bits per heavy atom. The number of ether oxygens (including phenoxy) is 1. The van der Waals surface area contributed by atoms with Gasteiger partial charge >= 0.3 is 0 Å². The summed E-state index contributed by atoms with van der Waals surface area (Å²) in [5, 5.41) is 3.49. The molecule has 2 aromatic carbocycles. The molecule has 1 atom stereocenters. The van der Waals surface area contributed by atoms with E-state index in [1.807, 2.05) is 0 Å². The highest BCUT2D eigenvalue weighted by Crippen LogP contribution is 2.33. The number of likely N-dealkylation sites (N-methyl/N-ethyl adjacent to an activating group) is 1. The van der Waals surface area contributed by atoms with Gasteiger partial charge in [0.1, 0.15) is 5.75 Å². The molecule has 0 saturated carbocycles. The second kappa shape index (κ2) is 6.77. The van der Waals surface area contributed by atoms with E-state index in [9.17, 15) is 0 Å². The molecule has 1 aliphatic heterocycles. The van der Waals surface area contributed by atoms with Crippen LogP contribution in [0, 0.1) is 0 Å². The standard InChI is InChI=1S/C19H23NO/c1-2-20-14-18(15-7-4-3-5-8-15)13-17-10-6-9-16-11-12-21-19(16)17/h3-10,18,20H,2,11-14H2,1H3. The van der Waals surface area contributed by atoms with Crippen LogP contribution in [0.3, 0.4) is 0 Å². The van der Waals surface area contributed by atoms with Crippen molar-refractivity contribution in [2.24, 2.45) is 0 Å². The number of hydrogen-bond acceptors (Lipinski definition) is 2. The highest BCUT2D eigenvalue weighted by atomic mass is 16.5. The number of rotatable bonds is 6. The fraction of sp³-hybridized carbons (Fsp3) is 0.368. The van der Waals surface area contributed by atoms with Crippen LogP contribution < -0.4 is 10.1 Å². The number of para-hydroxylation sites is 1. The lowest BCUT2D eigenvalue weighted by molar-refractivity contribution is 0.352. The predicted molar refractivity (Wildman–Crippen MR) is 87.1 cm³/mol. The maximum absolute atomic E-state index is 5.85. The van der Waals surface area contributed by atoms with E-state index in [0.29, 0.717) is 5.92 Å². The summed E-state index contributed by atoms with van der Waals surface area (Å²) in [4.78, 5) is 0. The van der Waals surface area contributed by atoms with Gasteiger partial charge in [-0.25, -0.2) is 0 Å². The highest BCUT2D eigenvalue weighted by molar-refractivity contribution is 5.45. The summed E-state index contributed by atoms with van der Waals surface area (Å²) in [5.74, 6) is 1.62. The van der Waals surface area contributed by atoms with Crippen molar-refractivity contribution >= 4 is 0 Å². The molecule has 21 heavy (non-hydrogen) atoms. The lowest BCUT2D eigenvalue weighted by Gasteiger charge is -2.19. The Hall–Kier alpha value is -1.80. The molecule has 2 aromatic rings. The molecular weight excluding hydrogens is 258 g/mol. The van der Waals surface area contributed by atoms with Crippen LogP contribution in [0.15, 0.2) is 48.5 Å². The maximum Gasteiger partial charge on any atom is 0.125 e. The first-order chi connectivity index (χ1) is 10.4. The first-order valence-electron chi connectivity index (χ1n) is 7.87. The average molecular weight is 281 g/mol. The van der Waals surface area contributed by atoms with Crippen LogP contribution in [-0.2, 0) is 12.8 Å². The number of benzene rings is 2. The molecule has 1 heterocycles. The van der Waals surface area contributed by atoms with E-state index in [1.165, 1.54) is 16.7 Å². The Balaban J connectivity index is 1.83. The Labute approximate surface area is 127 Å². The van der Waals surface area contributed by atoms with Gasteiger partial charge in [-0.1, -0.05) is 55.5 Å². The zero-order valence-corrected chi connectivity index (χ0v) is 12.6. The van der Waals surface area contributed by atoms with Crippen LogP contribution in [0.4, 0.5) is 0 Å². The van der Waals surface area contributed by atoms with Crippen LogP contribution in [-0.4, -0.2) is 19.7 Å². The second-order valence-electron chi connectivity index (χ2n) is 5.62. The lowest BCUT2D eigenvalue weighted by atomic mass is 9.90. The molecule has 110 valence electrons. The van der Waals surface area contributed by atoms with E-state index in [1.54, 1.807) is 0 Å². The quantitative estimate of drug-likeness (QED) is 0.874. The third kappa shape index (κ3) is 3.27. The summed E-state index contributed by atoms with van der Waals surface area (Å²) < 4.78 is 5.85. The average Bonchev–Trinajstić information content (AvgIpc) is 3.01. The molecule has 0 bridgehead atoms. The van der Waals surface area contributed by atoms with Gasteiger partial charge in [0.25, 0.3) is 0 Å². The molecule has 3 rings (SSSR count). The highest BCUT2D eigenvalue weighted by Gasteiger charge is 2.19. The van der Waals surface area contributed by atoms with E-state index < -0.39 is 0 Å². The van der Waals surface area contributed by atoms with Gasteiger partial charge < -0.3 is 10.1 Å². The van der Waals surface area contributed by atoms with Crippen molar-refractivity contribution in [3.8, 4) is 5.75 Å². The van der Waals surface area contributed by atoms with E-state index in [2.05, 4.69) is 60.8 Å². The predicted octanol–water partition coefficient (Wildman–Crippen LogP) is 3.56. The first-order valence-corrected chi connectivity index (χ1v) is 7.87. The third-order valence-corrected chi connectivity index (χ3v) is 4.17. The maximum atomic E-state index is 5.85. The molecule has 2 nitrogen and oxygen atoms in total. The van der Waals surface area contributed by atoms with Gasteiger partial charge in [0.2, 0.25) is 0 Å². The van der Waals surface area contributed by atoms with Crippen LogP contribution in [0.25, 0.3) is 0 Å². The Morgan fingerprint density at radius 3 is 2.76 bits per heavy atom.